The number of benzene rings is 1. The molecule has 4 heteroatoms. The molecule has 0 aliphatic carbocycles. The average molecular weight is 264 g/mol. The lowest BCUT2D eigenvalue weighted by Gasteiger charge is -2.09. The smallest absolute Gasteiger partial charge is 0.127 e. The molecule has 0 fully saturated rings. The third kappa shape index (κ3) is 3.62. The van der Waals surface area contributed by atoms with E-state index in [0.29, 0.717) is 24.6 Å². The van der Waals surface area contributed by atoms with Crippen LogP contribution in [-0.4, -0.2) is 11.0 Å². The minimum absolute atomic E-state index is 0.141. The van der Waals surface area contributed by atoms with E-state index in [2.05, 4.69) is 24.1 Å². The zero-order valence-corrected chi connectivity index (χ0v) is 11.4. The van der Waals surface area contributed by atoms with E-state index in [0.717, 1.165) is 10.6 Å². The van der Waals surface area contributed by atoms with Gasteiger partial charge in [-0.15, -0.1) is 11.3 Å². The molecule has 0 atom stereocenters. The normalized spacial score (nSPS) is 11.1. The molecule has 0 amide bonds. The van der Waals surface area contributed by atoms with Crippen LogP contribution in [-0.2, 0) is 13.0 Å². The summed E-state index contributed by atoms with van der Waals surface area (Å²) in [7, 11) is 0. The number of thiazole rings is 1. The zero-order valence-electron chi connectivity index (χ0n) is 10.6. The molecule has 2 nitrogen and oxygen atoms in total. The molecular formula is C14H17FN2S. The van der Waals surface area contributed by atoms with Crippen LogP contribution in [0.3, 0.4) is 0 Å². The Morgan fingerprint density at radius 3 is 2.83 bits per heavy atom. The van der Waals surface area contributed by atoms with E-state index < -0.39 is 0 Å². The maximum atomic E-state index is 13.9. The summed E-state index contributed by atoms with van der Waals surface area (Å²) in [6.07, 6.45) is 2.48. The van der Waals surface area contributed by atoms with E-state index >= 15 is 0 Å². The van der Waals surface area contributed by atoms with Gasteiger partial charge in [-0.05, 0) is 11.6 Å². The predicted octanol–water partition coefficient (Wildman–Crippen LogP) is 3.37. The molecule has 0 spiro atoms. The van der Waals surface area contributed by atoms with Gasteiger partial charge in [0.05, 0.1) is 5.01 Å². The van der Waals surface area contributed by atoms with Crippen LogP contribution in [0.5, 0.6) is 0 Å². The first-order valence-electron chi connectivity index (χ1n) is 6.04. The second kappa shape index (κ2) is 6.07. The molecule has 0 saturated heterocycles. The molecule has 2 rings (SSSR count). The predicted molar refractivity (Wildman–Crippen MR) is 73.3 cm³/mol. The SMILES string of the molecule is CC(C)NCc1ccc(Cc2nccs2)cc1F. The Hall–Kier alpha value is -1.26. The molecule has 1 N–H and O–H groups in total. The van der Waals surface area contributed by atoms with E-state index in [-0.39, 0.29) is 5.82 Å². The maximum absolute atomic E-state index is 13.9. The van der Waals surface area contributed by atoms with Crippen LogP contribution in [0.2, 0.25) is 0 Å². The number of rotatable bonds is 5. The fourth-order valence-corrected chi connectivity index (χ4v) is 2.32. The summed E-state index contributed by atoms with van der Waals surface area (Å²) in [5, 5.41) is 6.17. The Morgan fingerprint density at radius 2 is 2.22 bits per heavy atom. The van der Waals surface area contributed by atoms with Gasteiger partial charge in [0, 0.05) is 36.1 Å². The number of aromatic nitrogens is 1. The number of nitrogens with zero attached hydrogens (tertiary/aromatic N) is 1. The van der Waals surface area contributed by atoms with Crippen LogP contribution in [0.25, 0.3) is 0 Å². The summed E-state index contributed by atoms with van der Waals surface area (Å²) < 4.78 is 13.9. The first-order chi connectivity index (χ1) is 8.65. The van der Waals surface area contributed by atoms with Crippen LogP contribution in [0, 0.1) is 5.82 Å². The fraction of sp³-hybridized carbons (Fsp3) is 0.357. The van der Waals surface area contributed by atoms with Crippen molar-refractivity contribution in [2.75, 3.05) is 0 Å². The van der Waals surface area contributed by atoms with Crippen LogP contribution in [0.15, 0.2) is 29.8 Å². The quantitative estimate of drug-likeness (QED) is 0.895. The minimum Gasteiger partial charge on any atom is -0.310 e. The van der Waals surface area contributed by atoms with Gasteiger partial charge >= 0.3 is 0 Å². The lowest BCUT2D eigenvalue weighted by Crippen LogP contribution is -2.22. The van der Waals surface area contributed by atoms with Crippen molar-refractivity contribution in [1.82, 2.24) is 10.3 Å². The van der Waals surface area contributed by atoms with Crippen LogP contribution < -0.4 is 5.32 Å². The first kappa shape index (κ1) is 13.2. The van der Waals surface area contributed by atoms with Crippen molar-refractivity contribution in [3.63, 3.8) is 0 Å². The number of hydrogen-bond acceptors (Lipinski definition) is 3. The standard InChI is InChI=1S/C14H17FN2S/c1-10(2)17-9-12-4-3-11(7-13(12)15)8-14-16-5-6-18-14/h3-7,10,17H,8-9H2,1-2H3. The average Bonchev–Trinajstić information content (AvgIpc) is 2.80. The van der Waals surface area contributed by atoms with Crippen molar-refractivity contribution < 1.29 is 4.39 Å². The fourth-order valence-electron chi connectivity index (χ4n) is 1.67. The number of nitrogens with one attached hydrogen (secondary N) is 1. The van der Waals surface area contributed by atoms with Gasteiger partial charge < -0.3 is 5.32 Å². The monoisotopic (exact) mass is 264 g/mol. The third-order valence-corrected chi connectivity index (χ3v) is 3.44. The van der Waals surface area contributed by atoms with Crippen LogP contribution >= 0.6 is 11.3 Å². The second-order valence-corrected chi connectivity index (χ2v) is 5.54. The lowest BCUT2D eigenvalue weighted by atomic mass is 10.1. The molecular weight excluding hydrogens is 247 g/mol. The molecule has 0 unspecified atom stereocenters. The van der Waals surface area contributed by atoms with E-state index in [1.54, 1.807) is 23.6 Å². The molecule has 0 aliphatic rings. The number of halogens is 1. The van der Waals surface area contributed by atoms with Crippen LogP contribution in [0.1, 0.15) is 30.0 Å². The van der Waals surface area contributed by atoms with Crippen LogP contribution in [0.4, 0.5) is 4.39 Å². The van der Waals surface area contributed by atoms with Crippen molar-refractivity contribution in [1.29, 1.82) is 0 Å². The highest BCUT2D eigenvalue weighted by atomic mass is 32.1. The van der Waals surface area contributed by atoms with Gasteiger partial charge in [0.15, 0.2) is 0 Å². The summed E-state index contributed by atoms with van der Waals surface area (Å²) in [4.78, 5) is 4.21. The van der Waals surface area contributed by atoms with Gasteiger partial charge in [0.1, 0.15) is 5.82 Å². The topological polar surface area (TPSA) is 24.9 Å². The molecule has 1 aromatic heterocycles. The minimum atomic E-state index is -0.141. The third-order valence-electron chi connectivity index (χ3n) is 2.66. The summed E-state index contributed by atoms with van der Waals surface area (Å²) in [5.41, 5.74) is 1.68. The summed E-state index contributed by atoms with van der Waals surface area (Å²) >= 11 is 1.60. The Bertz CT molecular complexity index is 495. The molecule has 0 saturated carbocycles. The molecule has 1 aromatic carbocycles. The van der Waals surface area contributed by atoms with Gasteiger partial charge in [0.25, 0.3) is 0 Å². The Kier molecular flexibility index (Phi) is 4.44. The van der Waals surface area contributed by atoms with E-state index in [1.165, 1.54) is 0 Å². The Balaban J connectivity index is 2.05. The van der Waals surface area contributed by atoms with E-state index in [4.69, 9.17) is 0 Å². The second-order valence-electron chi connectivity index (χ2n) is 4.56. The highest BCUT2D eigenvalue weighted by Gasteiger charge is 2.06. The summed E-state index contributed by atoms with van der Waals surface area (Å²) in [6.45, 7) is 4.67. The van der Waals surface area contributed by atoms with Gasteiger partial charge in [-0.1, -0.05) is 26.0 Å². The molecule has 1 heterocycles. The lowest BCUT2D eigenvalue weighted by molar-refractivity contribution is 0.552. The molecule has 96 valence electrons. The highest BCUT2D eigenvalue weighted by molar-refractivity contribution is 7.09. The molecule has 0 aliphatic heterocycles. The van der Waals surface area contributed by atoms with Gasteiger partial charge in [-0.2, -0.15) is 0 Å². The van der Waals surface area contributed by atoms with Crippen molar-refractivity contribution in [2.45, 2.75) is 32.9 Å². The largest absolute Gasteiger partial charge is 0.310 e. The zero-order chi connectivity index (χ0) is 13.0. The van der Waals surface area contributed by atoms with Crippen molar-refractivity contribution in [3.05, 3.63) is 51.7 Å². The van der Waals surface area contributed by atoms with Crippen molar-refractivity contribution in [3.8, 4) is 0 Å². The van der Waals surface area contributed by atoms with Crippen molar-refractivity contribution in [2.24, 2.45) is 0 Å². The summed E-state index contributed by atoms with van der Waals surface area (Å²) in [6, 6.07) is 5.80. The van der Waals surface area contributed by atoms with Gasteiger partial charge in [-0.3, -0.25) is 0 Å². The van der Waals surface area contributed by atoms with E-state index in [9.17, 15) is 4.39 Å². The molecule has 18 heavy (non-hydrogen) atoms. The Labute approximate surface area is 111 Å². The van der Waals surface area contributed by atoms with Crippen molar-refractivity contribution >= 4 is 11.3 Å². The summed E-state index contributed by atoms with van der Waals surface area (Å²) in [5.74, 6) is -0.141. The maximum Gasteiger partial charge on any atom is 0.127 e. The van der Waals surface area contributed by atoms with Gasteiger partial charge in [0.2, 0.25) is 0 Å². The van der Waals surface area contributed by atoms with E-state index in [1.807, 2.05) is 17.5 Å². The first-order valence-corrected chi connectivity index (χ1v) is 6.92. The van der Waals surface area contributed by atoms with Gasteiger partial charge in [-0.25, -0.2) is 9.37 Å². The molecule has 2 aromatic rings. The molecule has 0 bridgehead atoms. The molecule has 0 radical (unpaired) electrons. The Morgan fingerprint density at radius 1 is 1.39 bits per heavy atom. The highest BCUT2D eigenvalue weighted by Crippen LogP contribution is 2.15. The number of hydrogen-bond donors (Lipinski definition) is 1.